The van der Waals surface area contributed by atoms with Gasteiger partial charge in [-0.05, 0) is 52.4 Å². The van der Waals surface area contributed by atoms with E-state index in [-0.39, 0.29) is 5.92 Å². The van der Waals surface area contributed by atoms with Crippen molar-refractivity contribution in [3.05, 3.63) is 0 Å². The molecule has 5 heteroatoms. The first kappa shape index (κ1) is 15.5. The van der Waals surface area contributed by atoms with Crippen molar-refractivity contribution in [3.8, 4) is 0 Å². The van der Waals surface area contributed by atoms with Crippen LogP contribution in [0.2, 0.25) is 0 Å². The van der Waals surface area contributed by atoms with Gasteiger partial charge in [-0.15, -0.1) is 0 Å². The Morgan fingerprint density at radius 1 is 1.44 bits per heavy atom. The fraction of sp³-hybridized carbons (Fsp3) is 0.846. The number of carbonyl (C=O) groups is 2. The van der Waals surface area contributed by atoms with E-state index in [1.54, 1.807) is 20.8 Å². The molecule has 1 aliphatic carbocycles. The molecule has 1 rings (SSSR count). The van der Waals surface area contributed by atoms with Crippen molar-refractivity contribution in [2.75, 3.05) is 5.33 Å². The van der Waals surface area contributed by atoms with Crippen LogP contribution in [0, 0.1) is 11.3 Å². The third kappa shape index (κ3) is 3.05. The Bertz CT molecular complexity index is 334. The number of rotatable bonds is 5. The molecule has 0 aromatic heterocycles. The number of hydrogen-bond donors (Lipinski definition) is 1. The van der Waals surface area contributed by atoms with E-state index in [9.17, 15) is 14.7 Å². The van der Waals surface area contributed by atoms with Crippen molar-refractivity contribution in [3.63, 3.8) is 0 Å². The molecule has 0 amide bonds. The lowest BCUT2D eigenvalue weighted by atomic mass is 9.58. The molecule has 0 saturated heterocycles. The van der Waals surface area contributed by atoms with Crippen LogP contribution in [-0.4, -0.2) is 28.0 Å². The van der Waals surface area contributed by atoms with Crippen LogP contribution in [0.15, 0.2) is 0 Å². The average Bonchev–Trinajstić information content (AvgIpc) is 2.13. The normalized spacial score (nSPS) is 27.4. The first-order valence-corrected chi connectivity index (χ1v) is 7.39. The molecule has 1 aliphatic rings. The lowest BCUT2D eigenvalue weighted by Gasteiger charge is -2.45. The summed E-state index contributed by atoms with van der Waals surface area (Å²) in [6, 6.07) is 0. The summed E-state index contributed by atoms with van der Waals surface area (Å²) in [6.07, 6.45) is 2.81. The molecule has 0 aromatic rings. The molecule has 2 atom stereocenters. The molecule has 2 unspecified atom stereocenters. The van der Waals surface area contributed by atoms with E-state index in [0.717, 1.165) is 24.6 Å². The molecule has 1 saturated carbocycles. The third-order valence-electron chi connectivity index (χ3n) is 3.42. The SMILES string of the molecule is CC(C)(C)OC(=O)C1(C(=O)O)CCC1CCCBr. The highest BCUT2D eigenvalue weighted by molar-refractivity contribution is 9.09. The number of aliphatic carboxylic acids is 1. The summed E-state index contributed by atoms with van der Waals surface area (Å²) in [5.41, 5.74) is -1.95. The van der Waals surface area contributed by atoms with Gasteiger partial charge in [0.25, 0.3) is 0 Å². The quantitative estimate of drug-likeness (QED) is 0.480. The van der Waals surface area contributed by atoms with E-state index >= 15 is 0 Å². The van der Waals surface area contributed by atoms with E-state index in [0.29, 0.717) is 6.42 Å². The van der Waals surface area contributed by atoms with Crippen molar-refractivity contribution >= 4 is 27.9 Å². The lowest BCUT2D eigenvalue weighted by molar-refractivity contribution is -0.191. The van der Waals surface area contributed by atoms with Gasteiger partial charge < -0.3 is 9.84 Å². The van der Waals surface area contributed by atoms with Gasteiger partial charge >= 0.3 is 11.9 Å². The van der Waals surface area contributed by atoms with E-state index < -0.39 is 23.0 Å². The van der Waals surface area contributed by atoms with Gasteiger partial charge in [0, 0.05) is 5.33 Å². The van der Waals surface area contributed by atoms with Crippen LogP contribution < -0.4 is 0 Å². The molecular weight excluding hydrogens is 300 g/mol. The van der Waals surface area contributed by atoms with Crippen molar-refractivity contribution in [2.45, 2.75) is 52.1 Å². The van der Waals surface area contributed by atoms with Gasteiger partial charge in [-0.2, -0.15) is 0 Å². The van der Waals surface area contributed by atoms with Crippen LogP contribution in [0.25, 0.3) is 0 Å². The largest absolute Gasteiger partial charge is 0.480 e. The zero-order chi connectivity index (χ0) is 14.0. The maximum Gasteiger partial charge on any atom is 0.324 e. The summed E-state index contributed by atoms with van der Waals surface area (Å²) < 4.78 is 5.29. The Hall–Kier alpha value is -0.580. The highest BCUT2D eigenvalue weighted by Gasteiger charge is 2.60. The van der Waals surface area contributed by atoms with Gasteiger partial charge in [-0.3, -0.25) is 9.59 Å². The Balaban J connectivity index is 2.82. The van der Waals surface area contributed by atoms with Crippen LogP contribution in [0.1, 0.15) is 46.5 Å². The third-order valence-corrected chi connectivity index (χ3v) is 3.98. The molecule has 0 radical (unpaired) electrons. The zero-order valence-corrected chi connectivity index (χ0v) is 12.7. The molecule has 1 N–H and O–H groups in total. The molecule has 0 spiro atoms. The number of halogens is 1. The van der Waals surface area contributed by atoms with Gasteiger partial charge in [-0.25, -0.2) is 0 Å². The monoisotopic (exact) mass is 320 g/mol. The highest BCUT2D eigenvalue weighted by Crippen LogP contribution is 2.50. The van der Waals surface area contributed by atoms with Crippen LogP contribution in [0.3, 0.4) is 0 Å². The summed E-state index contributed by atoms with van der Waals surface area (Å²) >= 11 is 3.33. The van der Waals surface area contributed by atoms with Gasteiger partial charge in [0.1, 0.15) is 5.60 Å². The smallest absolute Gasteiger partial charge is 0.324 e. The fourth-order valence-electron chi connectivity index (χ4n) is 2.36. The molecular formula is C13H21BrO4. The summed E-state index contributed by atoms with van der Waals surface area (Å²) in [5, 5.41) is 10.2. The molecule has 0 aliphatic heterocycles. The second kappa shape index (κ2) is 5.59. The van der Waals surface area contributed by atoms with E-state index in [2.05, 4.69) is 15.9 Å². The second-order valence-electron chi connectivity index (χ2n) is 5.85. The van der Waals surface area contributed by atoms with Crippen LogP contribution in [0.4, 0.5) is 0 Å². The topological polar surface area (TPSA) is 63.6 Å². The first-order valence-electron chi connectivity index (χ1n) is 6.27. The molecule has 18 heavy (non-hydrogen) atoms. The fourth-order valence-corrected chi connectivity index (χ4v) is 2.68. The Labute approximate surface area is 116 Å². The van der Waals surface area contributed by atoms with Crippen LogP contribution >= 0.6 is 15.9 Å². The molecule has 104 valence electrons. The standard InChI is InChI=1S/C13H21BrO4/c1-12(2,3)18-11(17)13(10(15)16)7-6-9(13)5-4-8-14/h9H,4-8H2,1-3H3,(H,15,16). The van der Waals surface area contributed by atoms with Crippen LogP contribution in [-0.2, 0) is 14.3 Å². The Morgan fingerprint density at radius 3 is 2.39 bits per heavy atom. The second-order valence-corrected chi connectivity index (χ2v) is 6.64. The predicted octanol–water partition coefficient (Wildman–Crippen LogP) is 2.98. The Morgan fingerprint density at radius 2 is 2.06 bits per heavy atom. The number of carboxylic acids is 1. The number of alkyl halides is 1. The van der Waals surface area contributed by atoms with Gasteiger partial charge in [-0.1, -0.05) is 15.9 Å². The Kier molecular flexibility index (Phi) is 4.81. The van der Waals surface area contributed by atoms with Crippen LogP contribution in [0.5, 0.6) is 0 Å². The van der Waals surface area contributed by atoms with Gasteiger partial charge in [0.15, 0.2) is 5.41 Å². The van der Waals surface area contributed by atoms with Crippen molar-refractivity contribution in [2.24, 2.45) is 11.3 Å². The zero-order valence-electron chi connectivity index (χ0n) is 11.2. The molecule has 0 heterocycles. The summed E-state index contributed by atoms with van der Waals surface area (Å²) in [4.78, 5) is 23.7. The maximum absolute atomic E-state index is 12.2. The average molecular weight is 321 g/mol. The number of carbonyl (C=O) groups excluding carboxylic acids is 1. The number of esters is 1. The number of ether oxygens (including phenoxy) is 1. The van der Waals surface area contributed by atoms with Gasteiger partial charge in [0.05, 0.1) is 0 Å². The van der Waals surface area contributed by atoms with E-state index in [1.807, 2.05) is 0 Å². The summed E-state index contributed by atoms with van der Waals surface area (Å²) in [6.45, 7) is 5.27. The maximum atomic E-state index is 12.2. The molecule has 1 fully saturated rings. The molecule has 0 aromatic carbocycles. The minimum absolute atomic E-state index is 0.0950. The minimum Gasteiger partial charge on any atom is -0.480 e. The predicted molar refractivity (Wildman–Crippen MR) is 71.7 cm³/mol. The van der Waals surface area contributed by atoms with E-state index in [1.165, 1.54) is 0 Å². The van der Waals surface area contributed by atoms with Crippen molar-refractivity contribution < 1.29 is 19.4 Å². The molecule has 4 nitrogen and oxygen atoms in total. The lowest BCUT2D eigenvalue weighted by Crippen LogP contribution is -2.54. The van der Waals surface area contributed by atoms with E-state index in [4.69, 9.17) is 4.74 Å². The summed E-state index contributed by atoms with van der Waals surface area (Å²) in [5.74, 6) is -1.71. The van der Waals surface area contributed by atoms with Gasteiger partial charge in [0.2, 0.25) is 0 Å². The highest BCUT2D eigenvalue weighted by atomic mass is 79.9. The van der Waals surface area contributed by atoms with Crippen molar-refractivity contribution in [1.29, 1.82) is 0 Å². The first-order chi connectivity index (χ1) is 8.24. The minimum atomic E-state index is -1.31. The number of carboxylic acid groups (broad SMARTS) is 1. The summed E-state index contributed by atoms with van der Waals surface area (Å²) in [7, 11) is 0. The van der Waals surface area contributed by atoms with Crippen molar-refractivity contribution in [1.82, 2.24) is 0 Å². The molecule has 0 bridgehead atoms. The number of hydrogen-bond acceptors (Lipinski definition) is 3.